The van der Waals surface area contributed by atoms with Crippen molar-refractivity contribution in [3.63, 3.8) is 0 Å². The predicted molar refractivity (Wildman–Crippen MR) is 94.4 cm³/mol. The molecule has 1 spiro atoms. The van der Waals surface area contributed by atoms with E-state index in [1.165, 1.54) is 0 Å². The van der Waals surface area contributed by atoms with E-state index in [1.54, 1.807) is 10.6 Å². The molecule has 8 nitrogen and oxygen atoms in total. The number of anilines is 1. The first-order valence-corrected chi connectivity index (χ1v) is 10.3. The summed E-state index contributed by atoms with van der Waals surface area (Å²) in [6.07, 6.45) is 7.53. The molecule has 0 aromatic carbocycles. The Labute approximate surface area is 146 Å². The zero-order chi connectivity index (χ0) is 17.1. The van der Waals surface area contributed by atoms with E-state index in [0.29, 0.717) is 32.1 Å². The molecule has 3 aliphatic rings. The topological polar surface area (TPSA) is 94.2 Å². The molecule has 2 aliphatic carbocycles. The average molecular weight is 362 g/mol. The van der Waals surface area contributed by atoms with Crippen molar-refractivity contribution in [1.82, 2.24) is 24.0 Å². The zero-order valence-corrected chi connectivity index (χ0v) is 14.8. The van der Waals surface area contributed by atoms with Gasteiger partial charge >= 0.3 is 0 Å². The van der Waals surface area contributed by atoms with E-state index in [0.717, 1.165) is 42.5 Å². The van der Waals surface area contributed by atoms with Crippen LogP contribution < -0.4 is 9.62 Å². The first-order chi connectivity index (χ1) is 12.1. The lowest BCUT2D eigenvalue weighted by Crippen LogP contribution is -2.59. The van der Waals surface area contributed by atoms with E-state index in [9.17, 15) is 8.42 Å². The normalized spacial score (nSPS) is 23.4. The molecule has 2 N–H and O–H groups in total. The summed E-state index contributed by atoms with van der Waals surface area (Å²) in [7, 11) is -3.40. The number of aromatic amines is 1. The van der Waals surface area contributed by atoms with Gasteiger partial charge < -0.3 is 9.88 Å². The molecule has 0 atom stereocenters. The highest BCUT2D eigenvalue weighted by Gasteiger charge is 2.56. The minimum Gasteiger partial charge on any atom is -0.353 e. The molecule has 0 bridgehead atoms. The molecule has 2 aromatic rings. The number of rotatable bonds is 5. The van der Waals surface area contributed by atoms with Crippen LogP contribution in [0.25, 0.3) is 11.0 Å². The summed E-state index contributed by atoms with van der Waals surface area (Å²) in [6, 6.07) is 1.98. The van der Waals surface area contributed by atoms with Crippen LogP contribution in [0.1, 0.15) is 25.7 Å². The molecule has 9 heteroatoms. The Hall–Kier alpha value is -1.71. The van der Waals surface area contributed by atoms with Crippen LogP contribution in [0.5, 0.6) is 0 Å². The molecule has 2 aromatic heterocycles. The maximum absolute atomic E-state index is 12.8. The summed E-state index contributed by atoms with van der Waals surface area (Å²) >= 11 is 0. The number of H-pyrrole nitrogens is 1. The Morgan fingerprint density at radius 3 is 2.88 bits per heavy atom. The Kier molecular flexibility index (Phi) is 3.35. The smallest absolute Gasteiger partial charge is 0.280 e. The molecular formula is C16H22N6O2S. The summed E-state index contributed by atoms with van der Waals surface area (Å²) < 4.78 is 30.0. The maximum atomic E-state index is 12.8. The van der Waals surface area contributed by atoms with Crippen molar-refractivity contribution in [2.75, 3.05) is 31.1 Å². The third-order valence-electron chi connectivity index (χ3n) is 5.59. The first kappa shape index (κ1) is 15.5. The molecule has 3 heterocycles. The van der Waals surface area contributed by atoms with Crippen molar-refractivity contribution in [2.24, 2.45) is 5.92 Å². The number of piperazine rings is 1. The van der Waals surface area contributed by atoms with Crippen LogP contribution in [0.4, 0.5) is 5.82 Å². The number of nitrogens with one attached hydrogen (secondary N) is 2. The van der Waals surface area contributed by atoms with Gasteiger partial charge in [0.15, 0.2) is 0 Å². The first-order valence-electron chi connectivity index (χ1n) is 8.88. The van der Waals surface area contributed by atoms with Crippen LogP contribution in [0, 0.1) is 5.92 Å². The van der Waals surface area contributed by atoms with Gasteiger partial charge in [0, 0.05) is 32.4 Å². The van der Waals surface area contributed by atoms with Gasteiger partial charge in [-0.15, -0.1) is 0 Å². The number of nitrogens with zero attached hydrogens (tertiary/aromatic N) is 4. The lowest BCUT2D eigenvalue weighted by molar-refractivity contribution is 0.267. The van der Waals surface area contributed by atoms with Crippen LogP contribution >= 0.6 is 0 Å². The molecule has 5 rings (SSSR count). The van der Waals surface area contributed by atoms with Gasteiger partial charge in [-0.3, -0.25) is 0 Å². The zero-order valence-electron chi connectivity index (χ0n) is 14.0. The van der Waals surface area contributed by atoms with E-state index in [1.807, 2.05) is 12.3 Å². The second-order valence-corrected chi connectivity index (χ2v) is 9.13. The third kappa shape index (κ3) is 2.70. The van der Waals surface area contributed by atoms with Gasteiger partial charge in [-0.05, 0) is 37.7 Å². The van der Waals surface area contributed by atoms with E-state index >= 15 is 0 Å². The van der Waals surface area contributed by atoms with Crippen LogP contribution in [-0.4, -0.2) is 59.4 Å². The molecule has 0 radical (unpaired) electrons. The fourth-order valence-corrected chi connectivity index (χ4v) is 5.48. The highest BCUT2D eigenvalue weighted by atomic mass is 32.2. The highest BCUT2D eigenvalue weighted by molar-refractivity contribution is 7.87. The van der Waals surface area contributed by atoms with Gasteiger partial charge in [-0.25, -0.2) is 14.7 Å². The standard InChI is InChI=1S/C16H22N6O2S/c23-25(24,20-9-12-1-2-12)22-8-7-21(10-16(22)4-5-16)15-13-3-6-17-14(13)18-11-19-15/h3,6,11-12,20H,1-2,4-5,7-10H2,(H,17,18,19). The van der Waals surface area contributed by atoms with Gasteiger partial charge in [0.25, 0.3) is 10.2 Å². The molecule has 2 saturated carbocycles. The SMILES string of the molecule is O=S(=O)(NCC1CC1)N1CCN(c2ncnc3[nH]ccc23)CC12CC2. The van der Waals surface area contributed by atoms with Gasteiger partial charge in [0.05, 0.1) is 10.9 Å². The second kappa shape index (κ2) is 5.39. The maximum Gasteiger partial charge on any atom is 0.280 e. The van der Waals surface area contributed by atoms with Gasteiger partial charge in [-0.1, -0.05) is 0 Å². The second-order valence-electron chi connectivity index (χ2n) is 7.45. The summed E-state index contributed by atoms with van der Waals surface area (Å²) in [5.74, 6) is 1.43. The number of hydrogen-bond donors (Lipinski definition) is 2. The number of hydrogen-bond acceptors (Lipinski definition) is 5. The predicted octanol–water partition coefficient (Wildman–Crippen LogP) is 0.857. The molecule has 3 fully saturated rings. The molecular weight excluding hydrogens is 340 g/mol. The summed E-state index contributed by atoms with van der Waals surface area (Å²) in [6.45, 7) is 2.41. The van der Waals surface area contributed by atoms with Crippen molar-refractivity contribution < 1.29 is 8.42 Å². The summed E-state index contributed by atoms with van der Waals surface area (Å²) in [5.41, 5.74) is 0.539. The lowest BCUT2D eigenvalue weighted by Gasteiger charge is -2.41. The largest absolute Gasteiger partial charge is 0.353 e. The molecule has 134 valence electrons. The average Bonchev–Trinajstić information content (AvgIpc) is 3.52. The third-order valence-corrected chi connectivity index (χ3v) is 7.27. The van der Waals surface area contributed by atoms with Gasteiger partial charge in [0.2, 0.25) is 0 Å². The highest BCUT2D eigenvalue weighted by Crippen LogP contribution is 2.46. The molecule has 0 amide bonds. The Morgan fingerprint density at radius 1 is 1.28 bits per heavy atom. The Bertz CT molecular complexity index is 902. The van der Waals surface area contributed by atoms with Crippen molar-refractivity contribution >= 4 is 27.1 Å². The van der Waals surface area contributed by atoms with Gasteiger partial charge in [-0.2, -0.15) is 12.7 Å². The summed E-state index contributed by atoms with van der Waals surface area (Å²) in [4.78, 5) is 14.0. The molecule has 1 saturated heterocycles. The molecule has 1 aliphatic heterocycles. The monoisotopic (exact) mass is 362 g/mol. The van der Waals surface area contributed by atoms with Crippen molar-refractivity contribution in [3.05, 3.63) is 18.6 Å². The van der Waals surface area contributed by atoms with Crippen LogP contribution in [0.3, 0.4) is 0 Å². The summed E-state index contributed by atoms with van der Waals surface area (Å²) in [5, 5.41) is 0.987. The van der Waals surface area contributed by atoms with E-state index in [4.69, 9.17) is 0 Å². The van der Waals surface area contributed by atoms with Crippen molar-refractivity contribution in [3.8, 4) is 0 Å². The van der Waals surface area contributed by atoms with E-state index in [-0.39, 0.29) is 5.54 Å². The Morgan fingerprint density at radius 2 is 2.12 bits per heavy atom. The minimum atomic E-state index is -3.40. The lowest BCUT2D eigenvalue weighted by atomic mass is 10.2. The quantitative estimate of drug-likeness (QED) is 0.823. The molecule has 0 unspecified atom stereocenters. The van der Waals surface area contributed by atoms with Crippen molar-refractivity contribution in [1.29, 1.82) is 0 Å². The van der Waals surface area contributed by atoms with Crippen LogP contribution in [-0.2, 0) is 10.2 Å². The fraction of sp³-hybridized carbons (Fsp3) is 0.625. The van der Waals surface area contributed by atoms with Crippen LogP contribution in [0.15, 0.2) is 18.6 Å². The molecule has 25 heavy (non-hydrogen) atoms. The van der Waals surface area contributed by atoms with E-state index < -0.39 is 10.2 Å². The Balaban J connectivity index is 1.38. The van der Waals surface area contributed by atoms with Crippen LogP contribution in [0.2, 0.25) is 0 Å². The fourth-order valence-electron chi connectivity index (χ4n) is 3.80. The number of aromatic nitrogens is 3. The minimum absolute atomic E-state index is 0.277. The van der Waals surface area contributed by atoms with Crippen molar-refractivity contribution in [2.45, 2.75) is 31.2 Å². The van der Waals surface area contributed by atoms with Gasteiger partial charge in [0.1, 0.15) is 17.8 Å². The number of fused-ring (bicyclic) bond motifs is 1. The van der Waals surface area contributed by atoms with E-state index in [2.05, 4.69) is 24.6 Å².